The van der Waals surface area contributed by atoms with Crippen molar-refractivity contribution in [3.63, 3.8) is 0 Å². The van der Waals surface area contributed by atoms with Gasteiger partial charge in [-0.05, 0) is 18.9 Å². The number of carbonyl (C=O) groups excluding carboxylic acids is 1. The molecule has 1 rings (SSSR count). The second kappa shape index (κ2) is 7.84. The molecule has 0 aliphatic carbocycles. The van der Waals surface area contributed by atoms with Gasteiger partial charge in [-0.1, -0.05) is 29.8 Å². The fraction of sp³-hybridized carbons (Fsp3) is 0.500. The largest absolute Gasteiger partial charge is 0.391 e. The number of aliphatic hydroxyl groups excluding tert-OH is 1. The number of hydrogen-bond acceptors (Lipinski definition) is 3. The summed E-state index contributed by atoms with van der Waals surface area (Å²) in [4.78, 5) is 11.6. The summed E-state index contributed by atoms with van der Waals surface area (Å²) in [5.74, 6) is -0.0246. The fourth-order valence-corrected chi connectivity index (χ4v) is 1.61. The molecule has 1 unspecified atom stereocenters. The number of methoxy groups -OCH3 is 1. The van der Waals surface area contributed by atoms with Crippen molar-refractivity contribution < 1.29 is 14.6 Å². The van der Waals surface area contributed by atoms with Gasteiger partial charge in [-0.2, -0.15) is 0 Å². The summed E-state index contributed by atoms with van der Waals surface area (Å²) in [6, 6.07) is 7.89. The lowest BCUT2D eigenvalue weighted by atomic mass is 10.1. The van der Waals surface area contributed by atoms with Crippen molar-refractivity contribution >= 4 is 5.91 Å². The molecule has 18 heavy (non-hydrogen) atoms. The Hall–Kier alpha value is -1.39. The minimum absolute atomic E-state index is 0.0246. The summed E-state index contributed by atoms with van der Waals surface area (Å²) in [5, 5.41) is 12.2. The topological polar surface area (TPSA) is 58.6 Å². The van der Waals surface area contributed by atoms with Gasteiger partial charge < -0.3 is 15.2 Å². The molecule has 1 atom stereocenters. The predicted octanol–water partition coefficient (Wildman–Crippen LogP) is 1.05. The van der Waals surface area contributed by atoms with Crippen molar-refractivity contribution in [2.75, 3.05) is 20.3 Å². The third-order valence-corrected chi connectivity index (χ3v) is 2.64. The molecule has 1 aromatic rings. The maximum atomic E-state index is 11.6. The van der Waals surface area contributed by atoms with Crippen LogP contribution in [0.5, 0.6) is 0 Å². The highest BCUT2D eigenvalue weighted by Crippen LogP contribution is 2.03. The molecule has 100 valence electrons. The molecule has 0 aliphatic heterocycles. The van der Waals surface area contributed by atoms with E-state index in [-0.39, 0.29) is 5.91 Å². The molecule has 0 aromatic heterocycles. The van der Waals surface area contributed by atoms with Crippen molar-refractivity contribution in [3.8, 4) is 0 Å². The van der Waals surface area contributed by atoms with E-state index in [0.29, 0.717) is 26.0 Å². The minimum atomic E-state index is -0.519. The van der Waals surface area contributed by atoms with Crippen molar-refractivity contribution in [1.29, 1.82) is 0 Å². The zero-order valence-electron chi connectivity index (χ0n) is 11.0. The van der Waals surface area contributed by atoms with E-state index in [1.54, 1.807) is 7.11 Å². The van der Waals surface area contributed by atoms with E-state index in [2.05, 4.69) is 5.32 Å². The zero-order valence-corrected chi connectivity index (χ0v) is 11.0. The molecule has 0 saturated carbocycles. The van der Waals surface area contributed by atoms with E-state index in [0.717, 1.165) is 5.56 Å². The highest BCUT2D eigenvalue weighted by molar-refractivity contribution is 5.78. The third-order valence-electron chi connectivity index (χ3n) is 2.64. The summed E-state index contributed by atoms with van der Waals surface area (Å²) in [6.45, 7) is 2.78. The Morgan fingerprint density at radius 3 is 2.67 bits per heavy atom. The molecular weight excluding hydrogens is 230 g/mol. The van der Waals surface area contributed by atoms with Crippen LogP contribution in [0.3, 0.4) is 0 Å². The molecule has 1 amide bonds. The molecule has 1 aromatic carbocycles. The lowest BCUT2D eigenvalue weighted by molar-refractivity contribution is -0.120. The van der Waals surface area contributed by atoms with E-state index in [9.17, 15) is 9.90 Å². The summed E-state index contributed by atoms with van der Waals surface area (Å²) < 4.78 is 4.81. The molecular formula is C14H21NO3. The molecule has 0 spiro atoms. The third kappa shape index (κ3) is 5.80. The second-order valence-electron chi connectivity index (χ2n) is 4.41. The van der Waals surface area contributed by atoms with Crippen molar-refractivity contribution in [2.24, 2.45) is 0 Å². The minimum Gasteiger partial charge on any atom is -0.391 e. The highest BCUT2D eigenvalue weighted by atomic mass is 16.5. The van der Waals surface area contributed by atoms with Gasteiger partial charge in [0.1, 0.15) is 0 Å². The smallest absolute Gasteiger partial charge is 0.224 e. The molecule has 0 bridgehead atoms. The molecule has 0 aliphatic rings. The number of hydrogen-bond donors (Lipinski definition) is 2. The Balaban J connectivity index is 2.23. The van der Waals surface area contributed by atoms with Crippen LogP contribution in [0.1, 0.15) is 17.5 Å². The van der Waals surface area contributed by atoms with Gasteiger partial charge in [0.2, 0.25) is 5.91 Å². The van der Waals surface area contributed by atoms with Crippen LogP contribution in [0.2, 0.25) is 0 Å². The van der Waals surface area contributed by atoms with Crippen LogP contribution in [-0.4, -0.2) is 37.4 Å². The Morgan fingerprint density at radius 2 is 2.06 bits per heavy atom. The van der Waals surface area contributed by atoms with Gasteiger partial charge in [0.25, 0.3) is 0 Å². The average Bonchev–Trinajstić information content (AvgIpc) is 2.32. The molecule has 4 nitrogen and oxygen atoms in total. The molecule has 2 N–H and O–H groups in total. The van der Waals surface area contributed by atoms with Gasteiger partial charge in [-0.3, -0.25) is 4.79 Å². The maximum absolute atomic E-state index is 11.6. The van der Waals surface area contributed by atoms with Crippen LogP contribution in [0, 0.1) is 6.92 Å². The summed E-state index contributed by atoms with van der Waals surface area (Å²) in [7, 11) is 1.54. The zero-order chi connectivity index (χ0) is 13.4. The monoisotopic (exact) mass is 251 g/mol. The van der Waals surface area contributed by atoms with Crippen LogP contribution < -0.4 is 5.32 Å². The summed E-state index contributed by atoms with van der Waals surface area (Å²) >= 11 is 0. The van der Waals surface area contributed by atoms with Crippen LogP contribution in [0.25, 0.3) is 0 Å². The quantitative estimate of drug-likeness (QED) is 0.761. The van der Waals surface area contributed by atoms with Crippen LogP contribution in [0.15, 0.2) is 24.3 Å². The average molecular weight is 251 g/mol. The Bertz CT molecular complexity index is 362. The lowest BCUT2D eigenvalue weighted by Crippen LogP contribution is -2.29. The van der Waals surface area contributed by atoms with Crippen LogP contribution >= 0.6 is 0 Å². The SMILES string of the molecule is COCC(O)CCNC(=O)Cc1ccc(C)cc1. The van der Waals surface area contributed by atoms with E-state index >= 15 is 0 Å². The fourth-order valence-electron chi connectivity index (χ4n) is 1.61. The maximum Gasteiger partial charge on any atom is 0.224 e. The number of aliphatic hydroxyl groups is 1. The van der Waals surface area contributed by atoms with Gasteiger partial charge in [-0.15, -0.1) is 0 Å². The Morgan fingerprint density at radius 1 is 1.39 bits per heavy atom. The Kier molecular flexibility index (Phi) is 6.39. The summed E-state index contributed by atoms with van der Waals surface area (Å²) in [5.41, 5.74) is 2.18. The van der Waals surface area contributed by atoms with Gasteiger partial charge in [0, 0.05) is 13.7 Å². The van der Waals surface area contributed by atoms with Crippen LogP contribution in [-0.2, 0) is 16.0 Å². The first-order valence-corrected chi connectivity index (χ1v) is 6.11. The number of ether oxygens (including phenoxy) is 1. The summed E-state index contributed by atoms with van der Waals surface area (Å²) in [6.07, 6.45) is 0.364. The number of rotatable bonds is 7. The van der Waals surface area contributed by atoms with Crippen molar-refractivity contribution in [3.05, 3.63) is 35.4 Å². The van der Waals surface area contributed by atoms with E-state index in [4.69, 9.17) is 4.74 Å². The highest BCUT2D eigenvalue weighted by Gasteiger charge is 2.06. The van der Waals surface area contributed by atoms with E-state index in [1.807, 2.05) is 31.2 Å². The van der Waals surface area contributed by atoms with Gasteiger partial charge in [-0.25, -0.2) is 0 Å². The van der Waals surface area contributed by atoms with Gasteiger partial charge in [0.15, 0.2) is 0 Å². The first-order chi connectivity index (χ1) is 8.61. The first kappa shape index (κ1) is 14.7. The Labute approximate surface area is 108 Å². The van der Waals surface area contributed by atoms with Gasteiger partial charge >= 0.3 is 0 Å². The van der Waals surface area contributed by atoms with E-state index in [1.165, 1.54) is 5.56 Å². The number of aryl methyl sites for hydroxylation is 1. The molecule has 0 heterocycles. The predicted molar refractivity (Wildman–Crippen MR) is 70.4 cm³/mol. The number of nitrogens with one attached hydrogen (secondary N) is 1. The molecule has 0 saturated heterocycles. The standard InChI is InChI=1S/C14H21NO3/c1-11-3-5-12(6-4-11)9-14(17)15-8-7-13(16)10-18-2/h3-6,13,16H,7-10H2,1-2H3,(H,15,17). The van der Waals surface area contributed by atoms with Gasteiger partial charge in [0.05, 0.1) is 19.1 Å². The van der Waals surface area contributed by atoms with E-state index < -0.39 is 6.10 Å². The van der Waals surface area contributed by atoms with Crippen molar-refractivity contribution in [1.82, 2.24) is 5.32 Å². The molecule has 4 heteroatoms. The number of amides is 1. The lowest BCUT2D eigenvalue weighted by Gasteiger charge is -2.10. The molecule has 0 radical (unpaired) electrons. The first-order valence-electron chi connectivity index (χ1n) is 6.11. The van der Waals surface area contributed by atoms with Crippen molar-refractivity contribution in [2.45, 2.75) is 25.9 Å². The second-order valence-corrected chi connectivity index (χ2v) is 4.41. The van der Waals surface area contributed by atoms with Crippen LogP contribution in [0.4, 0.5) is 0 Å². The normalized spacial score (nSPS) is 12.2. The number of benzene rings is 1. The molecule has 0 fully saturated rings. The number of carbonyl (C=O) groups is 1.